The van der Waals surface area contributed by atoms with E-state index in [1.165, 1.54) is 6.07 Å². The third-order valence-electron chi connectivity index (χ3n) is 5.09. The van der Waals surface area contributed by atoms with Crippen molar-refractivity contribution in [3.63, 3.8) is 0 Å². The second-order valence-corrected chi connectivity index (χ2v) is 7.14. The lowest BCUT2D eigenvalue weighted by Crippen LogP contribution is -2.38. The Bertz CT molecular complexity index is 863. The summed E-state index contributed by atoms with van der Waals surface area (Å²) in [6.45, 7) is 4.57. The zero-order chi connectivity index (χ0) is 19.2. The van der Waals surface area contributed by atoms with Gasteiger partial charge >= 0.3 is 0 Å². The van der Waals surface area contributed by atoms with Gasteiger partial charge in [-0.1, -0.05) is 18.2 Å². The van der Waals surface area contributed by atoms with Crippen molar-refractivity contribution >= 4 is 18.3 Å². The first-order valence-electron chi connectivity index (χ1n) is 9.48. The maximum atomic E-state index is 13.7. The van der Waals surface area contributed by atoms with E-state index in [0.717, 1.165) is 25.9 Å². The van der Waals surface area contributed by atoms with Crippen LogP contribution in [0.1, 0.15) is 34.3 Å². The highest BCUT2D eigenvalue weighted by molar-refractivity contribution is 5.95. The van der Waals surface area contributed by atoms with Crippen molar-refractivity contribution in [2.24, 2.45) is 5.92 Å². The molecule has 1 atom stereocenters. The summed E-state index contributed by atoms with van der Waals surface area (Å²) in [6.07, 6.45) is 4.33. The standard InChI is InChI=1S/C21H26FN3O2.ClH/c1-15-9-12-25(14-16-5-4-10-23-13-16)21(27)19(15)20(26)24-11-8-17-6-2-3-7-18(17)22;/h2-3,6-7,9,12,16,23H,4-5,8,10-11,13-14H2,1H3,(H,24,26);1H. The molecule has 1 amide bonds. The van der Waals surface area contributed by atoms with Crippen molar-refractivity contribution in [3.05, 3.63) is 69.4 Å². The Morgan fingerprint density at radius 1 is 1.32 bits per heavy atom. The Balaban J connectivity index is 0.00000280. The van der Waals surface area contributed by atoms with Crippen LogP contribution < -0.4 is 16.2 Å². The second-order valence-electron chi connectivity index (χ2n) is 7.14. The molecule has 7 heteroatoms. The molecule has 5 nitrogen and oxygen atoms in total. The average molecular weight is 408 g/mol. The fraction of sp³-hybridized carbons (Fsp3) is 0.429. The third-order valence-corrected chi connectivity index (χ3v) is 5.09. The van der Waals surface area contributed by atoms with E-state index in [1.54, 1.807) is 35.9 Å². The van der Waals surface area contributed by atoms with Crippen molar-refractivity contribution in [1.29, 1.82) is 0 Å². The minimum absolute atomic E-state index is 0. The smallest absolute Gasteiger partial charge is 0.263 e. The van der Waals surface area contributed by atoms with Crippen LogP contribution in [0.4, 0.5) is 4.39 Å². The van der Waals surface area contributed by atoms with Crippen LogP contribution in [-0.2, 0) is 13.0 Å². The van der Waals surface area contributed by atoms with Crippen LogP contribution in [0.15, 0.2) is 41.3 Å². The fourth-order valence-electron chi connectivity index (χ4n) is 3.54. The number of amides is 1. The number of halogens is 2. The Hall–Kier alpha value is -2.18. The van der Waals surface area contributed by atoms with Crippen LogP contribution in [0.3, 0.4) is 0 Å². The van der Waals surface area contributed by atoms with E-state index in [2.05, 4.69) is 10.6 Å². The van der Waals surface area contributed by atoms with E-state index in [0.29, 0.717) is 30.0 Å². The lowest BCUT2D eigenvalue weighted by Gasteiger charge is -2.23. The highest BCUT2D eigenvalue weighted by atomic mass is 35.5. The molecule has 1 aliphatic heterocycles. The molecule has 0 bridgehead atoms. The molecule has 1 aromatic heterocycles. The average Bonchev–Trinajstić information content (AvgIpc) is 2.66. The molecule has 0 saturated carbocycles. The lowest BCUT2D eigenvalue weighted by molar-refractivity contribution is 0.0951. The van der Waals surface area contributed by atoms with Gasteiger partial charge < -0.3 is 15.2 Å². The lowest BCUT2D eigenvalue weighted by atomic mass is 9.99. The van der Waals surface area contributed by atoms with Gasteiger partial charge in [0.05, 0.1) is 0 Å². The number of hydrogen-bond donors (Lipinski definition) is 2. The van der Waals surface area contributed by atoms with Crippen molar-refractivity contribution in [3.8, 4) is 0 Å². The number of rotatable bonds is 6. The van der Waals surface area contributed by atoms with Gasteiger partial charge in [-0.05, 0) is 68.5 Å². The van der Waals surface area contributed by atoms with Gasteiger partial charge in [0.15, 0.2) is 0 Å². The molecule has 3 rings (SSSR count). The molecule has 2 heterocycles. The summed E-state index contributed by atoms with van der Waals surface area (Å²) < 4.78 is 15.3. The summed E-state index contributed by atoms with van der Waals surface area (Å²) >= 11 is 0. The molecule has 2 aromatic rings. The Labute approximate surface area is 170 Å². The van der Waals surface area contributed by atoms with Gasteiger partial charge in [-0.25, -0.2) is 4.39 Å². The first-order chi connectivity index (χ1) is 13.1. The summed E-state index contributed by atoms with van der Waals surface area (Å²) in [6, 6.07) is 8.30. The summed E-state index contributed by atoms with van der Waals surface area (Å²) in [7, 11) is 0. The molecule has 0 spiro atoms. The zero-order valence-electron chi connectivity index (χ0n) is 16.0. The molecule has 1 fully saturated rings. The normalized spacial score (nSPS) is 16.3. The Kier molecular flexibility index (Phi) is 8.20. The number of carbonyl (C=O) groups excluding carboxylic acids is 1. The van der Waals surface area contributed by atoms with E-state index in [-0.39, 0.29) is 35.9 Å². The summed E-state index contributed by atoms with van der Waals surface area (Å²) in [5.41, 5.74) is 1.12. The predicted molar refractivity (Wildman–Crippen MR) is 111 cm³/mol. The van der Waals surface area contributed by atoms with Crippen LogP contribution >= 0.6 is 12.4 Å². The maximum absolute atomic E-state index is 13.7. The van der Waals surface area contributed by atoms with E-state index < -0.39 is 5.91 Å². The summed E-state index contributed by atoms with van der Waals surface area (Å²) in [5, 5.41) is 6.10. The molecule has 1 aliphatic rings. The molecular formula is C21H27ClFN3O2. The molecule has 1 aromatic carbocycles. The van der Waals surface area contributed by atoms with Crippen LogP contribution in [-0.4, -0.2) is 30.1 Å². The highest BCUT2D eigenvalue weighted by Gasteiger charge is 2.19. The number of nitrogens with zero attached hydrogens (tertiary/aromatic N) is 1. The van der Waals surface area contributed by atoms with Gasteiger partial charge in [-0.2, -0.15) is 0 Å². The quantitative estimate of drug-likeness (QED) is 0.773. The predicted octanol–water partition coefficient (Wildman–Crippen LogP) is 2.69. The number of hydrogen-bond acceptors (Lipinski definition) is 3. The van der Waals surface area contributed by atoms with E-state index in [4.69, 9.17) is 0 Å². The number of benzene rings is 1. The number of pyridine rings is 1. The van der Waals surface area contributed by atoms with Crippen molar-refractivity contribution in [2.75, 3.05) is 19.6 Å². The molecule has 1 saturated heterocycles. The van der Waals surface area contributed by atoms with Gasteiger partial charge in [0.2, 0.25) is 0 Å². The van der Waals surface area contributed by atoms with Gasteiger partial charge in [-0.15, -0.1) is 12.4 Å². The van der Waals surface area contributed by atoms with Crippen molar-refractivity contribution < 1.29 is 9.18 Å². The van der Waals surface area contributed by atoms with Gasteiger partial charge in [-0.3, -0.25) is 9.59 Å². The van der Waals surface area contributed by atoms with E-state index >= 15 is 0 Å². The highest BCUT2D eigenvalue weighted by Crippen LogP contribution is 2.12. The monoisotopic (exact) mass is 407 g/mol. The minimum atomic E-state index is -0.398. The number of aryl methyl sites for hydroxylation is 1. The van der Waals surface area contributed by atoms with E-state index in [9.17, 15) is 14.0 Å². The summed E-state index contributed by atoms with van der Waals surface area (Å²) in [4.78, 5) is 25.4. The SMILES string of the molecule is Cc1ccn(CC2CCCNC2)c(=O)c1C(=O)NCCc1ccccc1F.Cl. The molecule has 152 valence electrons. The van der Waals surface area contributed by atoms with Crippen LogP contribution in [0.5, 0.6) is 0 Å². The molecule has 1 unspecified atom stereocenters. The molecular weight excluding hydrogens is 381 g/mol. The Morgan fingerprint density at radius 2 is 2.11 bits per heavy atom. The third kappa shape index (κ3) is 5.42. The van der Waals surface area contributed by atoms with Crippen LogP contribution in [0.25, 0.3) is 0 Å². The van der Waals surface area contributed by atoms with Gasteiger partial charge in [0.25, 0.3) is 11.5 Å². The number of nitrogens with one attached hydrogen (secondary N) is 2. The molecule has 0 aliphatic carbocycles. The molecule has 0 radical (unpaired) electrons. The first kappa shape index (κ1) is 22.1. The van der Waals surface area contributed by atoms with Crippen molar-refractivity contribution in [2.45, 2.75) is 32.7 Å². The molecule has 2 N–H and O–H groups in total. The van der Waals surface area contributed by atoms with Crippen LogP contribution in [0.2, 0.25) is 0 Å². The first-order valence-corrected chi connectivity index (χ1v) is 9.48. The van der Waals surface area contributed by atoms with Gasteiger partial charge in [0, 0.05) is 19.3 Å². The fourth-order valence-corrected chi connectivity index (χ4v) is 3.54. The summed E-state index contributed by atoms with van der Waals surface area (Å²) in [5.74, 6) is -0.285. The number of piperidine rings is 1. The maximum Gasteiger partial charge on any atom is 0.263 e. The Morgan fingerprint density at radius 3 is 2.82 bits per heavy atom. The van der Waals surface area contributed by atoms with E-state index in [1.807, 2.05) is 6.07 Å². The minimum Gasteiger partial charge on any atom is -0.352 e. The van der Waals surface area contributed by atoms with Crippen LogP contribution in [0, 0.1) is 18.7 Å². The topological polar surface area (TPSA) is 63.1 Å². The number of carbonyl (C=O) groups is 1. The van der Waals surface area contributed by atoms with Crippen molar-refractivity contribution in [1.82, 2.24) is 15.2 Å². The van der Waals surface area contributed by atoms with Gasteiger partial charge in [0.1, 0.15) is 11.4 Å². The molecule has 28 heavy (non-hydrogen) atoms. The largest absolute Gasteiger partial charge is 0.352 e. The number of aromatic nitrogens is 1. The second kappa shape index (κ2) is 10.4. The zero-order valence-corrected chi connectivity index (χ0v) is 16.9.